The van der Waals surface area contributed by atoms with Crippen molar-refractivity contribution in [1.29, 1.82) is 0 Å². The van der Waals surface area contributed by atoms with E-state index in [-0.39, 0.29) is 23.0 Å². The molecule has 8 heteroatoms. The predicted octanol–water partition coefficient (Wildman–Crippen LogP) is 1.38. The summed E-state index contributed by atoms with van der Waals surface area (Å²) >= 11 is 1.04. The Kier molecular flexibility index (Phi) is 3.61. The van der Waals surface area contributed by atoms with Crippen molar-refractivity contribution in [3.63, 3.8) is 0 Å². The second-order valence-electron chi connectivity index (χ2n) is 3.77. The minimum atomic E-state index is -1.01. The number of carbonyl (C=O) groups is 2. The fraction of sp³-hybridized carbons (Fsp3) is 0.273. The zero-order chi connectivity index (χ0) is 14.0. The quantitative estimate of drug-likeness (QED) is 0.877. The Hall–Kier alpha value is -2.22. The van der Waals surface area contributed by atoms with Gasteiger partial charge in [-0.3, -0.25) is 4.79 Å². The summed E-state index contributed by atoms with van der Waals surface area (Å²) in [6.45, 7) is 3.41. The summed E-state index contributed by atoms with van der Waals surface area (Å²) in [5.74, 6) is -0.963. The van der Waals surface area contributed by atoms with Crippen molar-refractivity contribution in [2.24, 2.45) is 0 Å². The number of aryl methyl sites for hydroxylation is 2. The third-order valence-corrected chi connectivity index (χ3v) is 3.54. The highest BCUT2D eigenvalue weighted by molar-refractivity contribution is 7.13. The van der Waals surface area contributed by atoms with Gasteiger partial charge in [0.25, 0.3) is 5.91 Å². The number of hydrogen-bond acceptors (Lipinski definition) is 6. The van der Waals surface area contributed by atoms with Crippen LogP contribution in [0.2, 0.25) is 0 Å². The van der Waals surface area contributed by atoms with Crippen LogP contribution in [0.1, 0.15) is 36.6 Å². The molecule has 2 aromatic heterocycles. The molecule has 0 spiro atoms. The summed E-state index contributed by atoms with van der Waals surface area (Å²) in [6.07, 6.45) is 1.19. The Morgan fingerprint density at radius 2 is 2.21 bits per heavy atom. The Balaban J connectivity index is 2.03. The van der Waals surface area contributed by atoms with Crippen LogP contribution in [0.25, 0.3) is 0 Å². The molecule has 0 radical (unpaired) electrons. The lowest BCUT2D eigenvalue weighted by molar-refractivity contribution is 0.0701. The van der Waals surface area contributed by atoms with Gasteiger partial charge >= 0.3 is 5.97 Å². The molecule has 0 atom stereocenters. The maximum atomic E-state index is 11.8. The van der Waals surface area contributed by atoms with Crippen LogP contribution in [0, 0.1) is 13.8 Å². The van der Waals surface area contributed by atoms with Crippen molar-refractivity contribution in [3.05, 3.63) is 33.4 Å². The molecule has 2 rings (SSSR count). The first-order valence-electron chi connectivity index (χ1n) is 5.37. The van der Waals surface area contributed by atoms with Gasteiger partial charge in [-0.05, 0) is 13.8 Å². The van der Waals surface area contributed by atoms with E-state index in [4.69, 9.17) is 9.52 Å². The van der Waals surface area contributed by atoms with Crippen molar-refractivity contribution in [1.82, 2.24) is 15.3 Å². The molecule has 0 unspecified atom stereocenters. The van der Waals surface area contributed by atoms with E-state index in [1.165, 1.54) is 6.39 Å². The lowest BCUT2D eigenvalue weighted by Crippen LogP contribution is -2.23. The van der Waals surface area contributed by atoms with Crippen molar-refractivity contribution in [3.8, 4) is 0 Å². The first kappa shape index (κ1) is 13.2. The highest BCUT2D eigenvalue weighted by atomic mass is 32.1. The normalized spacial score (nSPS) is 10.4. The number of oxazole rings is 1. The number of carbonyl (C=O) groups excluding carboxylic acids is 1. The molecule has 0 aliphatic rings. The lowest BCUT2D eigenvalue weighted by Gasteiger charge is -2.00. The molecule has 1 amide bonds. The third-order valence-electron chi connectivity index (χ3n) is 2.40. The molecule has 19 heavy (non-hydrogen) atoms. The van der Waals surface area contributed by atoms with Crippen LogP contribution in [-0.4, -0.2) is 27.0 Å². The van der Waals surface area contributed by atoms with Gasteiger partial charge in [0.2, 0.25) is 0 Å². The molecule has 7 nitrogen and oxygen atoms in total. The number of carboxylic acids is 1. The van der Waals surface area contributed by atoms with Gasteiger partial charge in [0.15, 0.2) is 12.1 Å². The minimum absolute atomic E-state index is 0.157. The SMILES string of the molecule is Cc1nc(CNC(=O)c2ncoc2C)sc1C(=O)O. The minimum Gasteiger partial charge on any atom is -0.477 e. The number of rotatable bonds is 4. The molecule has 0 aliphatic carbocycles. The summed E-state index contributed by atoms with van der Waals surface area (Å²) in [5.41, 5.74) is 0.658. The van der Waals surface area contributed by atoms with E-state index in [2.05, 4.69) is 15.3 Å². The molecule has 2 N–H and O–H groups in total. The molecule has 0 aromatic carbocycles. The molecule has 0 aliphatic heterocycles. The molecule has 0 bridgehead atoms. The van der Waals surface area contributed by atoms with E-state index in [1.54, 1.807) is 13.8 Å². The highest BCUT2D eigenvalue weighted by Gasteiger charge is 2.16. The van der Waals surface area contributed by atoms with Gasteiger partial charge in [-0.1, -0.05) is 0 Å². The number of carboxylic acid groups (broad SMARTS) is 1. The zero-order valence-corrected chi connectivity index (χ0v) is 11.1. The maximum absolute atomic E-state index is 11.8. The largest absolute Gasteiger partial charge is 0.477 e. The topological polar surface area (TPSA) is 105 Å². The third kappa shape index (κ3) is 2.79. The molecule has 2 heterocycles. The van der Waals surface area contributed by atoms with Gasteiger partial charge in [0.1, 0.15) is 15.6 Å². The van der Waals surface area contributed by atoms with Crippen LogP contribution in [0.4, 0.5) is 0 Å². The number of aromatic carboxylic acids is 1. The van der Waals surface area contributed by atoms with Crippen LogP contribution >= 0.6 is 11.3 Å². The summed E-state index contributed by atoms with van der Waals surface area (Å²) in [4.78, 5) is 30.7. The van der Waals surface area contributed by atoms with E-state index in [9.17, 15) is 9.59 Å². The van der Waals surface area contributed by atoms with Crippen molar-refractivity contribution >= 4 is 23.2 Å². The van der Waals surface area contributed by atoms with Crippen LogP contribution in [0.15, 0.2) is 10.8 Å². The molecule has 0 fully saturated rings. The first-order chi connectivity index (χ1) is 8.99. The van der Waals surface area contributed by atoms with Crippen molar-refractivity contribution in [2.75, 3.05) is 0 Å². The zero-order valence-electron chi connectivity index (χ0n) is 10.3. The Morgan fingerprint density at radius 1 is 1.47 bits per heavy atom. The fourth-order valence-electron chi connectivity index (χ4n) is 1.49. The van der Waals surface area contributed by atoms with Crippen LogP contribution in [-0.2, 0) is 6.54 Å². The molecule has 100 valence electrons. The Morgan fingerprint density at radius 3 is 2.74 bits per heavy atom. The summed E-state index contributed by atoms with van der Waals surface area (Å²) in [6, 6.07) is 0. The smallest absolute Gasteiger partial charge is 0.347 e. The molecular weight excluding hydrogens is 270 g/mol. The number of amides is 1. The van der Waals surface area contributed by atoms with Gasteiger partial charge in [0, 0.05) is 0 Å². The van der Waals surface area contributed by atoms with Crippen molar-refractivity contribution < 1.29 is 19.1 Å². The summed E-state index contributed by atoms with van der Waals surface area (Å²) < 4.78 is 4.93. The van der Waals surface area contributed by atoms with E-state index < -0.39 is 5.97 Å². The molecule has 2 aromatic rings. The van der Waals surface area contributed by atoms with Gasteiger partial charge in [0.05, 0.1) is 12.2 Å². The number of hydrogen-bond donors (Lipinski definition) is 2. The lowest BCUT2D eigenvalue weighted by atomic mass is 10.3. The van der Waals surface area contributed by atoms with E-state index in [1.807, 2.05) is 0 Å². The van der Waals surface area contributed by atoms with Crippen LogP contribution in [0.5, 0.6) is 0 Å². The monoisotopic (exact) mass is 281 g/mol. The fourth-order valence-corrected chi connectivity index (χ4v) is 2.33. The molecule has 0 saturated carbocycles. The standard InChI is InChI=1S/C11H11N3O4S/c1-5-9(11(16)17)19-7(14-5)3-12-10(15)8-6(2)18-4-13-8/h4H,3H2,1-2H3,(H,12,15)(H,16,17). The number of aromatic nitrogens is 2. The second kappa shape index (κ2) is 5.19. The second-order valence-corrected chi connectivity index (χ2v) is 4.85. The number of nitrogens with one attached hydrogen (secondary N) is 1. The summed E-state index contributed by atoms with van der Waals surface area (Å²) in [5, 5.41) is 12.1. The van der Waals surface area contributed by atoms with Crippen LogP contribution < -0.4 is 5.32 Å². The number of thiazole rings is 1. The van der Waals surface area contributed by atoms with Gasteiger partial charge in [-0.2, -0.15) is 0 Å². The maximum Gasteiger partial charge on any atom is 0.347 e. The van der Waals surface area contributed by atoms with Gasteiger partial charge in [-0.15, -0.1) is 11.3 Å². The van der Waals surface area contributed by atoms with Crippen LogP contribution in [0.3, 0.4) is 0 Å². The summed E-state index contributed by atoms with van der Waals surface area (Å²) in [7, 11) is 0. The van der Waals surface area contributed by atoms with Gasteiger partial charge in [-0.25, -0.2) is 14.8 Å². The highest BCUT2D eigenvalue weighted by Crippen LogP contribution is 2.17. The van der Waals surface area contributed by atoms with Crippen molar-refractivity contribution in [2.45, 2.75) is 20.4 Å². The average molecular weight is 281 g/mol. The Labute approximate surface area is 112 Å². The number of nitrogens with zero attached hydrogens (tertiary/aromatic N) is 2. The average Bonchev–Trinajstić information content (AvgIpc) is 2.92. The van der Waals surface area contributed by atoms with E-state index in [0.29, 0.717) is 16.5 Å². The first-order valence-corrected chi connectivity index (χ1v) is 6.18. The molecular formula is C11H11N3O4S. The predicted molar refractivity (Wildman–Crippen MR) is 66.2 cm³/mol. The van der Waals surface area contributed by atoms with Gasteiger partial charge < -0.3 is 14.8 Å². The Bertz CT molecular complexity index is 632. The van der Waals surface area contributed by atoms with E-state index in [0.717, 1.165) is 11.3 Å². The molecule has 0 saturated heterocycles. The van der Waals surface area contributed by atoms with E-state index >= 15 is 0 Å².